The number of rotatable bonds is 3. The third kappa shape index (κ3) is 3.10. The molecular formula is C15H15BrO. The van der Waals surface area contributed by atoms with Gasteiger partial charge in [-0.15, -0.1) is 0 Å². The van der Waals surface area contributed by atoms with Crippen molar-refractivity contribution in [3.05, 3.63) is 59.2 Å². The fraction of sp³-hybridized carbons (Fsp3) is 0.200. The van der Waals surface area contributed by atoms with Gasteiger partial charge in [0.1, 0.15) is 11.5 Å². The number of ether oxygens (including phenoxy) is 1. The Morgan fingerprint density at radius 2 is 1.71 bits per heavy atom. The van der Waals surface area contributed by atoms with Gasteiger partial charge in [-0.1, -0.05) is 40.2 Å². The average Bonchev–Trinajstić information content (AvgIpc) is 2.35. The minimum Gasteiger partial charge on any atom is -0.457 e. The summed E-state index contributed by atoms with van der Waals surface area (Å²) in [6.07, 6.45) is 0. The Hall–Kier alpha value is -1.28. The van der Waals surface area contributed by atoms with Gasteiger partial charge in [0.2, 0.25) is 0 Å². The molecule has 0 unspecified atom stereocenters. The summed E-state index contributed by atoms with van der Waals surface area (Å²) in [6, 6.07) is 14.4. The summed E-state index contributed by atoms with van der Waals surface area (Å²) in [7, 11) is 0. The summed E-state index contributed by atoms with van der Waals surface area (Å²) in [5.41, 5.74) is 3.61. The molecule has 1 nitrogen and oxygen atoms in total. The molecule has 0 spiro atoms. The highest BCUT2D eigenvalue weighted by Crippen LogP contribution is 2.26. The molecule has 17 heavy (non-hydrogen) atoms. The SMILES string of the molecule is Cc1ccc(C)c(Oc2ccc(CBr)cc2)c1. The number of benzene rings is 2. The van der Waals surface area contributed by atoms with E-state index in [4.69, 9.17) is 4.74 Å². The summed E-state index contributed by atoms with van der Waals surface area (Å²) in [5, 5.41) is 0.872. The zero-order valence-electron chi connectivity index (χ0n) is 10.0. The topological polar surface area (TPSA) is 9.23 Å². The fourth-order valence-electron chi connectivity index (χ4n) is 1.59. The van der Waals surface area contributed by atoms with Crippen molar-refractivity contribution in [1.29, 1.82) is 0 Å². The largest absolute Gasteiger partial charge is 0.457 e. The van der Waals surface area contributed by atoms with E-state index in [0.29, 0.717) is 0 Å². The smallest absolute Gasteiger partial charge is 0.130 e. The molecule has 0 N–H and O–H groups in total. The van der Waals surface area contributed by atoms with Crippen molar-refractivity contribution in [3.8, 4) is 11.5 Å². The van der Waals surface area contributed by atoms with Crippen LogP contribution in [-0.4, -0.2) is 0 Å². The summed E-state index contributed by atoms with van der Waals surface area (Å²) in [4.78, 5) is 0. The molecular weight excluding hydrogens is 276 g/mol. The van der Waals surface area contributed by atoms with Gasteiger partial charge in [-0.2, -0.15) is 0 Å². The van der Waals surface area contributed by atoms with Crippen LogP contribution in [0.1, 0.15) is 16.7 Å². The average molecular weight is 291 g/mol. The molecule has 0 aliphatic carbocycles. The van der Waals surface area contributed by atoms with E-state index in [9.17, 15) is 0 Å². The molecule has 0 bridgehead atoms. The summed E-state index contributed by atoms with van der Waals surface area (Å²) >= 11 is 3.43. The summed E-state index contributed by atoms with van der Waals surface area (Å²) in [5.74, 6) is 1.81. The van der Waals surface area contributed by atoms with Crippen molar-refractivity contribution in [2.45, 2.75) is 19.2 Å². The van der Waals surface area contributed by atoms with Crippen LogP contribution in [0.25, 0.3) is 0 Å². The molecule has 0 atom stereocenters. The maximum Gasteiger partial charge on any atom is 0.130 e. The molecule has 0 saturated carbocycles. The number of alkyl halides is 1. The highest BCUT2D eigenvalue weighted by atomic mass is 79.9. The van der Waals surface area contributed by atoms with Crippen LogP contribution >= 0.6 is 15.9 Å². The lowest BCUT2D eigenvalue weighted by Crippen LogP contribution is -1.88. The first-order valence-corrected chi connectivity index (χ1v) is 6.71. The maximum atomic E-state index is 5.87. The zero-order chi connectivity index (χ0) is 12.3. The minimum absolute atomic E-state index is 0.872. The molecule has 0 saturated heterocycles. The van der Waals surface area contributed by atoms with Crippen molar-refractivity contribution in [3.63, 3.8) is 0 Å². The van der Waals surface area contributed by atoms with Gasteiger partial charge in [0.25, 0.3) is 0 Å². The lowest BCUT2D eigenvalue weighted by atomic mass is 10.1. The second-order valence-electron chi connectivity index (χ2n) is 4.15. The van der Waals surface area contributed by atoms with E-state index in [1.54, 1.807) is 0 Å². The second-order valence-corrected chi connectivity index (χ2v) is 4.71. The van der Waals surface area contributed by atoms with E-state index in [1.807, 2.05) is 12.1 Å². The molecule has 2 rings (SSSR count). The van der Waals surface area contributed by atoms with E-state index in [0.717, 1.165) is 22.4 Å². The van der Waals surface area contributed by atoms with Gasteiger partial charge in [0.15, 0.2) is 0 Å². The van der Waals surface area contributed by atoms with Gasteiger partial charge < -0.3 is 4.74 Å². The standard InChI is InChI=1S/C15H15BrO/c1-11-3-4-12(2)15(9-11)17-14-7-5-13(10-16)6-8-14/h3-9H,10H2,1-2H3. The third-order valence-corrected chi connectivity index (χ3v) is 3.30. The van der Waals surface area contributed by atoms with Gasteiger partial charge in [-0.3, -0.25) is 0 Å². The summed E-state index contributed by atoms with van der Waals surface area (Å²) < 4.78 is 5.87. The predicted octanol–water partition coefficient (Wildman–Crippen LogP) is 4.99. The van der Waals surface area contributed by atoms with Gasteiger partial charge >= 0.3 is 0 Å². The summed E-state index contributed by atoms with van der Waals surface area (Å²) in [6.45, 7) is 4.13. The van der Waals surface area contributed by atoms with Gasteiger partial charge in [-0.25, -0.2) is 0 Å². The van der Waals surface area contributed by atoms with Crippen molar-refractivity contribution < 1.29 is 4.74 Å². The number of aryl methyl sites for hydroxylation is 2. The van der Waals surface area contributed by atoms with Crippen LogP contribution in [0.2, 0.25) is 0 Å². The molecule has 0 aromatic heterocycles. The minimum atomic E-state index is 0.872. The van der Waals surface area contributed by atoms with E-state index < -0.39 is 0 Å². The lowest BCUT2D eigenvalue weighted by Gasteiger charge is -2.09. The molecule has 2 aromatic rings. The van der Waals surface area contributed by atoms with Crippen LogP contribution < -0.4 is 4.74 Å². The van der Waals surface area contributed by atoms with Crippen molar-refractivity contribution in [1.82, 2.24) is 0 Å². The Bertz CT molecular complexity index is 503. The monoisotopic (exact) mass is 290 g/mol. The molecule has 0 amide bonds. The highest BCUT2D eigenvalue weighted by molar-refractivity contribution is 9.08. The van der Waals surface area contributed by atoms with Gasteiger partial charge in [0.05, 0.1) is 0 Å². The second kappa shape index (κ2) is 5.37. The zero-order valence-corrected chi connectivity index (χ0v) is 11.6. The van der Waals surface area contributed by atoms with E-state index in [2.05, 4.69) is 60.1 Å². The number of hydrogen-bond acceptors (Lipinski definition) is 1. The van der Waals surface area contributed by atoms with E-state index in [-0.39, 0.29) is 0 Å². The predicted molar refractivity (Wildman–Crippen MR) is 75.1 cm³/mol. The van der Waals surface area contributed by atoms with Gasteiger partial charge in [0, 0.05) is 5.33 Å². The van der Waals surface area contributed by atoms with Crippen molar-refractivity contribution >= 4 is 15.9 Å². The molecule has 0 heterocycles. The third-order valence-electron chi connectivity index (χ3n) is 2.65. The number of halogens is 1. The maximum absolute atomic E-state index is 5.87. The van der Waals surface area contributed by atoms with Crippen LogP contribution in [-0.2, 0) is 5.33 Å². The van der Waals surface area contributed by atoms with Crippen LogP contribution in [0, 0.1) is 13.8 Å². The number of hydrogen-bond donors (Lipinski definition) is 0. The quantitative estimate of drug-likeness (QED) is 0.724. The van der Waals surface area contributed by atoms with Crippen LogP contribution in [0.15, 0.2) is 42.5 Å². The van der Waals surface area contributed by atoms with E-state index in [1.165, 1.54) is 11.1 Å². The van der Waals surface area contributed by atoms with Crippen LogP contribution in [0.5, 0.6) is 11.5 Å². The lowest BCUT2D eigenvalue weighted by molar-refractivity contribution is 0.478. The molecule has 0 aliphatic rings. The Balaban J connectivity index is 2.22. The van der Waals surface area contributed by atoms with Crippen molar-refractivity contribution in [2.75, 3.05) is 0 Å². The first-order valence-electron chi connectivity index (χ1n) is 5.59. The fourth-order valence-corrected chi connectivity index (χ4v) is 1.96. The van der Waals surface area contributed by atoms with E-state index >= 15 is 0 Å². The molecule has 2 aromatic carbocycles. The molecule has 0 radical (unpaired) electrons. The Morgan fingerprint density at radius 1 is 1.00 bits per heavy atom. The highest BCUT2D eigenvalue weighted by Gasteiger charge is 2.01. The Kier molecular flexibility index (Phi) is 3.85. The normalized spacial score (nSPS) is 10.3. The first kappa shape index (κ1) is 12.2. The van der Waals surface area contributed by atoms with Crippen molar-refractivity contribution in [2.24, 2.45) is 0 Å². The van der Waals surface area contributed by atoms with Crippen LogP contribution in [0.3, 0.4) is 0 Å². The molecule has 2 heteroatoms. The molecule has 88 valence electrons. The first-order chi connectivity index (χ1) is 8.19. The molecule has 0 fully saturated rings. The Morgan fingerprint density at radius 3 is 2.35 bits per heavy atom. The van der Waals surface area contributed by atoms with Crippen LogP contribution in [0.4, 0.5) is 0 Å². The van der Waals surface area contributed by atoms with Gasteiger partial charge in [-0.05, 0) is 48.7 Å². The Labute approximate surface area is 111 Å². The molecule has 0 aliphatic heterocycles.